The Kier molecular flexibility index (Phi) is 6.20. The van der Waals surface area contributed by atoms with Crippen molar-refractivity contribution in [3.63, 3.8) is 0 Å². The maximum absolute atomic E-state index is 12.7. The summed E-state index contributed by atoms with van der Waals surface area (Å²) in [4.78, 5) is 30.7. The summed E-state index contributed by atoms with van der Waals surface area (Å²) in [5.41, 5.74) is 1.19. The number of nitrogens with one attached hydrogen (secondary N) is 1. The number of ether oxygens (including phenoxy) is 1. The molecule has 2 aliphatic heterocycles. The van der Waals surface area contributed by atoms with Gasteiger partial charge in [0.15, 0.2) is 15.0 Å². The first-order valence-corrected chi connectivity index (χ1v) is 12.4. The number of amidine groups is 1. The van der Waals surface area contributed by atoms with Gasteiger partial charge in [-0.05, 0) is 46.8 Å². The van der Waals surface area contributed by atoms with E-state index in [-0.39, 0.29) is 22.8 Å². The molecule has 2 amide bonds. The number of nitrogens with zero attached hydrogens (tertiary/aromatic N) is 2. The summed E-state index contributed by atoms with van der Waals surface area (Å²) in [6.45, 7) is 8.72. The number of aryl methyl sites for hydroxylation is 1. The van der Waals surface area contributed by atoms with Gasteiger partial charge < -0.3 is 15.0 Å². The van der Waals surface area contributed by atoms with Gasteiger partial charge in [0.1, 0.15) is 11.6 Å². The van der Waals surface area contributed by atoms with Gasteiger partial charge in [0.2, 0.25) is 0 Å². The molecule has 1 N–H and O–H groups in total. The number of benzene rings is 1. The van der Waals surface area contributed by atoms with Crippen LogP contribution in [0.2, 0.25) is 0 Å². The Morgan fingerprint density at radius 3 is 2.47 bits per heavy atom. The molecular formula is C20H27N3O5S2. The molecule has 0 spiro atoms. The van der Waals surface area contributed by atoms with E-state index in [1.165, 1.54) is 18.7 Å². The van der Waals surface area contributed by atoms with Gasteiger partial charge in [-0.3, -0.25) is 4.79 Å². The number of alkyl carbamates (subject to hydrolysis) is 1. The van der Waals surface area contributed by atoms with E-state index >= 15 is 0 Å². The predicted octanol–water partition coefficient (Wildman–Crippen LogP) is 2.51. The summed E-state index contributed by atoms with van der Waals surface area (Å²) in [7, 11) is -3.13. The molecule has 1 aromatic rings. The molecule has 3 rings (SSSR count). The van der Waals surface area contributed by atoms with Crippen LogP contribution >= 0.6 is 11.8 Å². The summed E-state index contributed by atoms with van der Waals surface area (Å²) in [5.74, 6) is -0.440. The number of hydrogen-bond donors (Lipinski definition) is 1. The predicted molar refractivity (Wildman–Crippen MR) is 119 cm³/mol. The minimum absolute atomic E-state index is 0.0253. The fourth-order valence-electron chi connectivity index (χ4n) is 3.31. The van der Waals surface area contributed by atoms with E-state index in [0.29, 0.717) is 5.17 Å². The number of hydrogen-bond acceptors (Lipinski definition) is 6. The Hall–Kier alpha value is -2.07. The molecule has 3 atom stereocenters. The fraction of sp³-hybridized carbons (Fsp3) is 0.550. The fourth-order valence-corrected chi connectivity index (χ4v) is 7.23. The van der Waals surface area contributed by atoms with E-state index in [9.17, 15) is 18.0 Å². The molecule has 2 aliphatic rings. The summed E-state index contributed by atoms with van der Waals surface area (Å²) < 4.78 is 29.5. The van der Waals surface area contributed by atoms with Crippen LogP contribution in [0, 0.1) is 6.92 Å². The molecule has 2 saturated heterocycles. The highest BCUT2D eigenvalue weighted by Crippen LogP contribution is 2.41. The van der Waals surface area contributed by atoms with Crippen molar-refractivity contribution < 1.29 is 22.7 Å². The third-order valence-corrected chi connectivity index (χ3v) is 7.90. The Labute approximate surface area is 181 Å². The van der Waals surface area contributed by atoms with Crippen LogP contribution in [-0.4, -0.2) is 60.0 Å². The molecule has 0 aromatic heterocycles. The maximum Gasteiger partial charge on any atom is 0.408 e. The molecule has 2 fully saturated rings. The molecule has 0 bridgehead atoms. The molecule has 30 heavy (non-hydrogen) atoms. The molecular weight excluding hydrogens is 426 g/mol. The smallest absolute Gasteiger partial charge is 0.408 e. The monoisotopic (exact) mass is 453 g/mol. The van der Waals surface area contributed by atoms with Crippen LogP contribution in [0.4, 0.5) is 10.5 Å². The summed E-state index contributed by atoms with van der Waals surface area (Å²) in [6, 6.07) is 6.50. The van der Waals surface area contributed by atoms with Gasteiger partial charge >= 0.3 is 6.09 Å². The molecule has 164 valence electrons. The second-order valence-electron chi connectivity index (χ2n) is 8.61. The number of aliphatic imine (C=N–C) groups is 1. The highest BCUT2D eigenvalue weighted by molar-refractivity contribution is 8.16. The highest BCUT2D eigenvalue weighted by atomic mass is 32.2. The van der Waals surface area contributed by atoms with Gasteiger partial charge in [0, 0.05) is 10.9 Å². The molecule has 10 heteroatoms. The first-order chi connectivity index (χ1) is 13.8. The lowest BCUT2D eigenvalue weighted by Gasteiger charge is -2.25. The van der Waals surface area contributed by atoms with E-state index in [1.54, 1.807) is 20.8 Å². The number of fused-ring (bicyclic) bond motifs is 1. The molecule has 0 radical (unpaired) electrons. The highest BCUT2D eigenvalue weighted by Gasteiger charge is 2.49. The topological polar surface area (TPSA) is 105 Å². The zero-order valence-corrected chi connectivity index (χ0v) is 19.3. The third-order valence-electron chi connectivity index (χ3n) is 4.69. The molecule has 0 saturated carbocycles. The SMILES string of the molecule is Cc1ccc(N2C(=NC(=O)C(C)NC(=O)OC(C)(C)C)SC3CS(=O)(=O)CC32)cc1. The lowest BCUT2D eigenvalue weighted by atomic mass is 10.1. The third kappa shape index (κ3) is 5.34. The van der Waals surface area contributed by atoms with E-state index < -0.39 is 33.5 Å². The van der Waals surface area contributed by atoms with Crippen LogP contribution in [0.1, 0.15) is 33.3 Å². The van der Waals surface area contributed by atoms with Crippen LogP contribution in [0.5, 0.6) is 0 Å². The van der Waals surface area contributed by atoms with Crippen molar-refractivity contribution in [2.75, 3.05) is 16.4 Å². The van der Waals surface area contributed by atoms with Crippen LogP contribution < -0.4 is 10.2 Å². The summed E-state index contributed by atoms with van der Waals surface area (Å²) >= 11 is 1.30. The summed E-state index contributed by atoms with van der Waals surface area (Å²) in [5, 5.41) is 2.76. The van der Waals surface area contributed by atoms with Gasteiger partial charge in [-0.25, -0.2) is 13.2 Å². The Morgan fingerprint density at radius 1 is 1.23 bits per heavy atom. The van der Waals surface area contributed by atoms with Gasteiger partial charge in [0.25, 0.3) is 5.91 Å². The van der Waals surface area contributed by atoms with Crippen LogP contribution in [-0.2, 0) is 19.4 Å². The van der Waals surface area contributed by atoms with Gasteiger partial charge in [0.05, 0.1) is 17.5 Å². The van der Waals surface area contributed by atoms with Gasteiger partial charge in [-0.2, -0.15) is 4.99 Å². The van der Waals surface area contributed by atoms with Crippen molar-refractivity contribution in [2.45, 2.75) is 57.6 Å². The minimum atomic E-state index is -3.13. The Bertz CT molecular complexity index is 967. The maximum atomic E-state index is 12.7. The van der Waals surface area contributed by atoms with Crippen molar-refractivity contribution in [3.8, 4) is 0 Å². The number of carbonyl (C=O) groups excluding carboxylic acids is 2. The van der Waals surface area contributed by atoms with Crippen LogP contribution in [0.25, 0.3) is 0 Å². The lowest BCUT2D eigenvalue weighted by molar-refractivity contribution is -0.119. The zero-order chi connectivity index (χ0) is 22.3. The van der Waals surface area contributed by atoms with Crippen LogP contribution in [0.15, 0.2) is 29.3 Å². The average Bonchev–Trinajstić information content (AvgIpc) is 3.04. The molecule has 3 unspecified atom stereocenters. The molecule has 2 heterocycles. The largest absolute Gasteiger partial charge is 0.444 e. The number of anilines is 1. The number of carbonyl (C=O) groups is 2. The number of sulfone groups is 1. The second kappa shape index (κ2) is 8.22. The molecule has 1 aromatic carbocycles. The second-order valence-corrected chi connectivity index (χ2v) is 12.0. The molecule has 8 nitrogen and oxygen atoms in total. The number of thioether (sulfide) groups is 1. The van der Waals surface area contributed by atoms with Crippen molar-refractivity contribution in [1.29, 1.82) is 0 Å². The van der Waals surface area contributed by atoms with Crippen molar-refractivity contribution in [3.05, 3.63) is 29.8 Å². The standard InChI is InChI=1S/C20H27N3O5S2/c1-12-6-8-14(9-7-12)23-15-10-30(26,27)11-16(15)29-18(23)22-17(24)13(2)21-19(25)28-20(3,4)5/h6-9,13,15-16H,10-11H2,1-5H3,(H,21,25). The normalized spacial score (nSPS) is 25.1. The minimum Gasteiger partial charge on any atom is -0.444 e. The summed E-state index contributed by atoms with van der Waals surface area (Å²) in [6.07, 6.45) is -0.694. The lowest BCUT2D eigenvalue weighted by Crippen LogP contribution is -2.42. The Morgan fingerprint density at radius 2 is 1.87 bits per heavy atom. The quantitative estimate of drug-likeness (QED) is 0.750. The van der Waals surface area contributed by atoms with Crippen molar-refractivity contribution in [1.82, 2.24) is 5.32 Å². The number of rotatable bonds is 3. The van der Waals surface area contributed by atoms with E-state index in [1.807, 2.05) is 36.1 Å². The Balaban J connectivity index is 1.82. The average molecular weight is 454 g/mol. The first kappa shape index (κ1) is 22.6. The molecule has 0 aliphatic carbocycles. The first-order valence-electron chi connectivity index (χ1n) is 9.70. The van der Waals surface area contributed by atoms with Crippen LogP contribution in [0.3, 0.4) is 0 Å². The van der Waals surface area contributed by atoms with E-state index in [4.69, 9.17) is 4.74 Å². The van der Waals surface area contributed by atoms with Crippen molar-refractivity contribution in [2.24, 2.45) is 4.99 Å². The van der Waals surface area contributed by atoms with E-state index in [2.05, 4.69) is 10.3 Å². The number of amides is 2. The van der Waals surface area contributed by atoms with Crippen molar-refractivity contribution >= 4 is 44.5 Å². The zero-order valence-electron chi connectivity index (χ0n) is 17.7. The van der Waals surface area contributed by atoms with Gasteiger partial charge in [-0.15, -0.1) is 0 Å². The van der Waals surface area contributed by atoms with Gasteiger partial charge in [-0.1, -0.05) is 29.5 Å². The van der Waals surface area contributed by atoms with E-state index in [0.717, 1.165) is 11.3 Å².